The lowest BCUT2D eigenvalue weighted by atomic mass is 10.4. The summed E-state index contributed by atoms with van der Waals surface area (Å²) < 4.78 is 9.09. The third kappa shape index (κ3) is 9.17. The first kappa shape index (κ1) is 14.6. The number of carbonyl (C=O) groups is 2. The molecule has 92 valence electrons. The highest BCUT2D eigenvalue weighted by Gasteiger charge is 2.04. The van der Waals surface area contributed by atoms with Crippen molar-refractivity contribution in [1.29, 1.82) is 0 Å². The summed E-state index contributed by atoms with van der Waals surface area (Å²) in [5, 5.41) is 17.6. The van der Waals surface area contributed by atoms with Gasteiger partial charge in [-0.15, -0.1) is 0 Å². The third-order valence-electron chi connectivity index (χ3n) is 1.29. The average molecular weight is 232 g/mol. The van der Waals surface area contributed by atoms with Gasteiger partial charge < -0.3 is 19.7 Å². The van der Waals surface area contributed by atoms with E-state index in [-0.39, 0.29) is 13.2 Å². The molecule has 0 bridgehead atoms. The monoisotopic (exact) mass is 232 g/mol. The SMILES string of the molecule is CC(O)COC(=O)/C=C\C(=O)OCC(C)O. The molecule has 2 atom stereocenters. The molecule has 0 spiro atoms. The van der Waals surface area contributed by atoms with Gasteiger partial charge in [-0.05, 0) is 13.8 Å². The second-order valence-corrected chi connectivity index (χ2v) is 3.29. The summed E-state index contributed by atoms with van der Waals surface area (Å²) >= 11 is 0. The molecular weight excluding hydrogens is 216 g/mol. The number of aliphatic hydroxyl groups excluding tert-OH is 2. The molecule has 2 N–H and O–H groups in total. The average Bonchev–Trinajstić information content (AvgIpc) is 2.20. The predicted molar refractivity (Wildman–Crippen MR) is 54.4 cm³/mol. The van der Waals surface area contributed by atoms with Crippen LogP contribution in [-0.2, 0) is 19.1 Å². The van der Waals surface area contributed by atoms with E-state index in [1.165, 1.54) is 13.8 Å². The van der Waals surface area contributed by atoms with Gasteiger partial charge in [-0.3, -0.25) is 0 Å². The van der Waals surface area contributed by atoms with Gasteiger partial charge in [0, 0.05) is 12.2 Å². The third-order valence-corrected chi connectivity index (χ3v) is 1.29. The number of carbonyl (C=O) groups excluding carboxylic acids is 2. The zero-order valence-corrected chi connectivity index (χ0v) is 9.25. The molecule has 0 rings (SSSR count). The van der Waals surface area contributed by atoms with Crippen LogP contribution in [0.2, 0.25) is 0 Å². The number of esters is 2. The van der Waals surface area contributed by atoms with Crippen molar-refractivity contribution in [3.8, 4) is 0 Å². The summed E-state index contributed by atoms with van der Waals surface area (Å²) in [4.78, 5) is 21.8. The Labute approximate surface area is 93.5 Å². The molecule has 0 aliphatic heterocycles. The minimum Gasteiger partial charge on any atom is -0.460 e. The standard InChI is InChI=1S/C10H16O6/c1-7(11)5-15-9(13)3-4-10(14)16-6-8(2)12/h3-4,7-8,11-12H,5-6H2,1-2H3/b4-3-. The molecule has 0 aromatic rings. The van der Waals surface area contributed by atoms with Crippen LogP contribution in [0.3, 0.4) is 0 Å². The first-order valence-electron chi connectivity index (χ1n) is 4.79. The highest BCUT2D eigenvalue weighted by atomic mass is 16.5. The first-order chi connectivity index (χ1) is 7.41. The van der Waals surface area contributed by atoms with Crippen molar-refractivity contribution in [2.75, 3.05) is 13.2 Å². The lowest BCUT2D eigenvalue weighted by molar-refractivity contribution is -0.143. The lowest BCUT2D eigenvalue weighted by Gasteiger charge is -2.04. The molecule has 0 aromatic heterocycles. The smallest absolute Gasteiger partial charge is 0.331 e. The predicted octanol–water partition coefficient (Wildman–Crippen LogP) is -0.609. The summed E-state index contributed by atoms with van der Waals surface area (Å²) in [5.41, 5.74) is 0. The molecule has 0 heterocycles. The van der Waals surface area contributed by atoms with Gasteiger partial charge in [-0.2, -0.15) is 0 Å². The molecule has 0 amide bonds. The molecule has 0 aromatic carbocycles. The van der Waals surface area contributed by atoms with Gasteiger partial charge in [-0.25, -0.2) is 9.59 Å². The maximum Gasteiger partial charge on any atom is 0.331 e. The van der Waals surface area contributed by atoms with Gasteiger partial charge in [0.25, 0.3) is 0 Å². The van der Waals surface area contributed by atoms with E-state index in [9.17, 15) is 9.59 Å². The summed E-state index contributed by atoms with van der Waals surface area (Å²) in [5.74, 6) is -1.48. The van der Waals surface area contributed by atoms with Crippen LogP contribution in [0.1, 0.15) is 13.8 Å². The number of hydrogen-bond acceptors (Lipinski definition) is 6. The molecule has 0 saturated carbocycles. The van der Waals surface area contributed by atoms with E-state index < -0.39 is 24.1 Å². The Morgan fingerprint density at radius 3 is 1.56 bits per heavy atom. The van der Waals surface area contributed by atoms with Gasteiger partial charge in [0.15, 0.2) is 0 Å². The van der Waals surface area contributed by atoms with Crippen LogP contribution in [0.25, 0.3) is 0 Å². The first-order valence-corrected chi connectivity index (χ1v) is 4.79. The Morgan fingerprint density at radius 2 is 1.31 bits per heavy atom. The van der Waals surface area contributed by atoms with Crippen molar-refractivity contribution in [1.82, 2.24) is 0 Å². The van der Waals surface area contributed by atoms with Crippen molar-refractivity contribution in [2.45, 2.75) is 26.1 Å². The Bertz CT molecular complexity index is 230. The van der Waals surface area contributed by atoms with Crippen molar-refractivity contribution in [3.05, 3.63) is 12.2 Å². The molecule has 0 fully saturated rings. The second kappa shape index (κ2) is 7.84. The number of aliphatic hydroxyl groups is 2. The van der Waals surface area contributed by atoms with E-state index in [4.69, 9.17) is 10.2 Å². The molecule has 0 aliphatic rings. The van der Waals surface area contributed by atoms with E-state index in [1.54, 1.807) is 0 Å². The fourth-order valence-electron chi connectivity index (χ4n) is 0.638. The summed E-state index contributed by atoms with van der Waals surface area (Å²) in [7, 11) is 0. The van der Waals surface area contributed by atoms with Crippen LogP contribution in [0.5, 0.6) is 0 Å². The minimum absolute atomic E-state index is 0.133. The maximum atomic E-state index is 10.9. The molecule has 0 saturated heterocycles. The van der Waals surface area contributed by atoms with E-state index in [0.29, 0.717) is 0 Å². The second-order valence-electron chi connectivity index (χ2n) is 3.29. The van der Waals surface area contributed by atoms with Crippen LogP contribution in [0.15, 0.2) is 12.2 Å². The van der Waals surface area contributed by atoms with E-state index in [2.05, 4.69) is 9.47 Å². The quantitative estimate of drug-likeness (QED) is 0.469. The van der Waals surface area contributed by atoms with E-state index in [0.717, 1.165) is 12.2 Å². The van der Waals surface area contributed by atoms with Gasteiger partial charge in [0.1, 0.15) is 13.2 Å². The Kier molecular flexibility index (Phi) is 7.15. The van der Waals surface area contributed by atoms with Gasteiger partial charge in [0.2, 0.25) is 0 Å². The Morgan fingerprint density at radius 1 is 1.00 bits per heavy atom. The Balaban J connectivity index is 3.80. The summed E-state index contributed by atoms with van der Waals surface area (Å²) in [6, 6.07) is 0. The maximum absolute atomic E-state index is 10.9. The van der Waals surface area contributed by atoms with Crippen LogP contribution in [0, 0.1) is 0 Å². The largest absolute Gasteiger partial charge is 0.460 e. The number of rotatable bonds is 6. The fourth-order valence-corrected chi connectivity index (χ4v) is 0.638. The molecule has 6 nitrogen and oxygen atoms in total. The van der Waals surface area contributed by atoms with Crippen LogP contribution < -0.4 is 0 Å². The van der Waals surface area contributed by atoms with Gasteiger partial charge in [-0.1, -0.05) is 0 Å². The zero-order chi connectivity index (χ0) is 12.6. The van der Waals surface area contributed by atoms with Crippen molar-refractivity contribution in [2.24, 2.45) is 0 Å². The molecule has 2 unspecified atom stereocenters. The molecule has 16 heavy (non-hydrogen) atoms. The highest BCUT2D eigenvalue weighted by Crippen LogP contribution is 1.89. The molecule has 0 aliphatic carbocycles. The van der Waals surface area contributed by atoms with Crippen molar-refractivity contribution in [3.63, 3.8) is 0 Å². The van der Waals surface area contributed by atoms with Crippen molar-refractivity contribution >= 4 is 11.9 Å². The fraction of sp³-hybridized carbons (Fsp3) is 0.600. The zero-order valence-electron chi connectivity index (χ0n) is 9.25. The van der Waals surface area contributed by atoms with Crippen LogP contribution >= 0.6 is 0 Å². The normalized spacial score (nSPS) is 14.5. The van der Waals surface area contributed by atoms with E-state index in [1.807, 2.05) is 0 Å². The van der Waals surface area contributed by atoms with Crippen LogP contribution in [-0.4, -0.2) is 47.6 Å². The summed E-state index contributed by atoms with van der Waals surface area (Å²) in [6.07, 6.45) is 0.290. The topological polar surface area (TPSA) is 93.1 Å². The lowest BCUT2D eigenvalue weighted by Crippen LogP contribution is -2.15. The number of ether oxygens (including phenoxy) is 2. The number of hydrogen-bond donors (Lipinski definition) is 2. The van der Waals surface area contributed by atoms with Gasteiger partial charge >= 0.3 is 11.9 Å². The van der Waals surface area contributed by atoms with E-state index >= 15 is 0 Å². The van der Waals surface area contributed by atoms with Crippen molar-refractivity contribution < 1.29 is 29.3 Å². The van der Waals surface area contributed by atoms with Gasteiger partial charge in [0.05, 0.1) is 12.2 Å². The molecule has 0 radical (unpaired) electrons. The van der Waals surface area contributed by atoms with Crippen LogP contribution in [0.4, 0.5) is 0 Å². The Hall–Kier alpha value is -1.40. The highest BCUT2D eigenvalue weighted by molar-refractivity contribution is 5.91. The molecule has 6 heteroatoms. The minimum atomic E-state index is -0.750. The summed E-state index contributed by atoms with van der Waals surface area (Å²) in [6.45, 7) is 2.67. The molecular formula is C10H16O6.